The Labute approximate surface area is 393 Å². The van der Waals surface area contributed by atoms with Crippen LogP contribution in [-0.2, 0) is 28.6 Å². The van der Waals surface area contributed by atoms with Crippen molar-refractivity contribution in [1.29, 1.82) is 0 Å². The minimum atomic E-state index is -0.763. The minimum Gasteiger partial charge on any atom is -0.462 e. The van der Waals surface area contributed by atoms with E-state index >= 15 is 0 Å². The summed E-state index contributed by atoms with van der Waals surface area (Å²) in [6.45, 7) is 11.4. The Morgan fingerprint density at radius 2 is 0.603 bits per heavy atom. The van der Waals surface area contributed by atoms with Crippen LogP contribution in [0.5, 0.6) is 0 Å². The van der Waals surface area contributed by atoms with E-state index < -0.39 is 6.10 Å². The summed E-state index contributed by atoms with van der Waals surface area (Å²) < 4.78 is 16.9. The van der Waals surface area contributed by atoms with Crippen molar-refractivity contribution in [2.45, 2.75) is 323 Å². The van der Waals surface area contributed by atoms with E-state index in [1.54, 1.807) is 0 Å². The molecule has 0 bridgehead atoms. The first-order valence-electron chi connectivity index (χ1n) is 28.3. The van der Waals surface area contributed by atoms with E-state index in [1.165, 1.54) is 205 Å². The zero-order chi connectivity index (χ0) is 46.1. The molecule has 0 aliphatic rings. The van der Waals surface area contributed by atoms with Crippen LogP contribution in [0.1, 0.15) is 317 Å². The Balaban J connectivity index is 4.26. The van der Waals surface area contributed by atoms with Crippen molar-refractivity contribution in [2.24, 2.45) is 11.8 Å². The second-order valence-corrected chi connectivity index (χ2v) is 20.3. The van der Waals surface area contributed by atoms with E-state index in [0.717, 1.165) is 69.6 Å². The van der Waals surface area contributed by atoms with Crippen LogP contribution in [0.15, 0.2) is 0 Å². The van der Waals surface area contributed by atoms with Crippen LogP contribution in [0.3, 0.4) is 0 Å². The Bertz CT molecular complexity index is 964. The van der Waals surface area contributed by atoms with Crippen LogP contribution >= 0.6 is 0 Å². The molecule has 0 amide bonds. The zero-order valence-corrected chi connectivity index (χ0v) is 43.2. The van der Waals surface area contributed by atoms with Gasteiger partial charge in [0.1, 0.15) is 13.2 Å². The fourth-order valence-corrected chi connectivity index (χ4v) is 8.66. The summed E-state index contributed by atoms with van der Waals surface area (Å²) in [7, 11) is 0. The largest absolute Gasteiger partial charge is 0.462 e. The molecule has 0 N–H and O–H groups in total. The summed E-state index contributed by atoms with van der Waals surface area (Å²) in [5, 5.41) is 0. The predicted molar refractivity (Wildman–Crippen MR) is 270 cm³/mol. The van der Waals surface area contributed by atoms with Crippen molar-refractivity contribution in [3.05, 3.63) is 0 Å². The first kappa shape index (κ1) is 61.4. The molecule has 1 unspecified atom stereocenters. The number of esters is 3. The quantitative estimate of drug-likeness (QED) is 0.0344. The number of hydrogen-bond donors (Lipinski definition) is 0. The van der Waals surface area contributed by atoms with Gasteiger partial charge in [-0.05, 0) is 31.1 Å². The molecule has 0 aromatic heterocycles. The normalized spacial score (nSPS) is 12.5. The molecule has 0 saturated heterocycles. The molecule has 0 aromatic carbocycles. The van der Waals surface area contributed by atoms with Crippen molar-refractivity contribution in [3.8, 4) is 0 Å². The number of unbranched alkanes of at least 4 members (excludes halogenated alkanes) is 35. The molecule has 0 aromatic rings. The number of ether oxygens (including phenoxy) is 3. The maximum absolute atomic E-state index is 12.8. The van der Waals surface area contributed by atoms with Gasteiger partial charge in [0.25, 0.3) is 0 Å². The predicted octanol–water partition coefficient (Wildman–Crippen LogP) is 18.5. The molecule has 0 aliphatic heterocycles. The van der Waals surface area contributed by atoms with Gasteiger partial charge in [-0.15, -0.1) is 0 Å². The molecular weight excluding hydrogens is 781 g/mol. The third-order valence-electron chi connectivity index (χ3n) is 13.3. The molecule has 0 radical (unpaired) electrons. The van der Waals surface area contributed by atoms with Gasteiger partial charge in [-0.3, -0.25) is 14.4 Å². The number of rotatable bonds is 51. The van der Waals surface area contributed by atoms with Crippen LogP contribution in [0.2, 0.25) is 0 Å². The van der Waals surface area contributed by atoms with Crippen LogP contribution in [-0.4, -0.2) is 37.2 Å². The summed E-state index contributed by atoms with van der Waals surface area (Å²) in [4.78, 5) is 38.0. The van der Waals surface area contributed by atoms with Gasteiger partial charge < -0.3 is 14.2 Å². The lowest BCUT2D eigenvalue weighted by molar-refractivity contribution is -0.167. The first-order valence-corrected chi connectivity index (χ1v) is 28.3. The molecule has 63 heavy (non-hydrogen) atoms. The summed E-state index contributed by atoms with van der Waals surface area (Å²) in [6, 6.07) is 0. The van der Waals surface area contributed by atoms with E-state index in [2.05, 4.69) is 34.6 Å². The second kappa shape index (κ2) is 49.8. The minimum absolute atomic E-state index is 0.0635. The van der Waals surface area contributed by atoms with E-state index in [9.17, 15) is 14.4 Å². The summed E-state index contributed by atoms with van der Waals surface area (Å²) >= 11 is 0. The van der Waals surface area contributed by atoms with E-state index in [4.69, 9.17) is 14.2 Å². The van der Waals surface area contributed by atoms with Crippen LogP contribution in [0.25, 0.3) is 0 Å². The third kappa shape index (κ3) is 49.7. The van der Waals surface area contributed by atoms with Gasteiger partial charge in [0.05, 0.1) is 0 Å². The SMILES string of the molecule is CCCCCCCCCCCCCCCCCCCC(=O)OC[C@@H](COC(=O)CCCCCCCCCC(C)C)OC(=O)CCCCCCCCCCCCCCCCC(C)CC. The molecule has 0 fully saturated rings. The molecule has 2 atom stereocenters. The van der Waals surface area contributed by atoms with Crippen molar-refractivity contribution < 1.29 is 28.6 Å². The van der Waals surface area contributed by atoms with E-state index in [-0.39, 0.29) is 31.1 Å². The van der Waals surface area contributed by atoms with Gasteiger partial charge in [-0.2, -0.15) is 0 Å². The zero-order valence-electron chi connectivity index (χ0n) is 43.2. The third-order valence-corrected chi connectivity index (χ3v) is 13.3. The highest BCUT2D eigenvalue weighted by Crippen LogP contribution is 2.18. The Morgan fingerprint density at radius 1 is 0.333 bits per heavy atom. The smallest absolute Gasteiger partial charge is 0.306 e. The summed E-state index contributed by atoms with van der Waals surface area (Å²) in [6.07, 6.45) is 52.4. The second-order valence-electron chi connectivity index (χ2n) is 20.3. The number of carbonyl (C=O) groups excluding carboxylic acids is 3. The van der Waals surface area contributed by atoms with Gasteiger partial charge in [0.15, 0.2) is 6.10 Å². The molecule has 6 heteroatoms. The monoisotopic (exact) mass is 891 g/mol. The van der Waals surface area contributed by atoms with Crippen LogP contribution in [0, 0.1) is 11.8 Å². The van der Waals surface area contributed by atoms with E-state index in [1.807, 2.05) is 0 Å². The Morgan fingerprint density at radius 3 is 0.905 bits per heavy atom. The average molecular weight is 892 g/mol. The van der Waals surface area contributed by atoms with Gasteiger partial charge in [0.2, 0.25) is 0 Å². The van der Waals surface area contributed by atoms with Crippen molar-refractivity contribution in [1.82, 2.24) is 0 Å². The molecule has 0 saturated carbocycles. The van der Waals surface area contributed by atoms with Gasteiger partial charge in [0, 0.05) is 19.3 Å². The van der Waals surface area contributed by atoms with Crippen molar-refractivity contribution >= 4 is 17.9 Å². The highest BCUT2D eigenvalue weighted by atomic mass is 16.6. The highest BCUT2D eigenvalue weighted by molar-refractivity contribution is 5.71. The maximum atomic E-state index is 12.8. The summed E-state index contributed by atoms with van der Waals surface area (Å²) in [5.41, 5.74) is 0. The molecule has 374 valence electrons. The molecule has 0 heterocycles. The molecule has 0 spiro atoms. The lowest BCUT2D eigenvalue weighted by atomic mass is 9.99. The summed E-state index contributed by atoms with van der Waals surface area (Å²) in [5.74, 6) is 0.831. The molecule has 0 aliphatic carbocycles. The fourth-order valence-electron chi connectivity index (χ4n) is 8.66. The molecule has 6 nitrogen and oxygen atoms in total. The highest BCUT2D eigenvalue weighted by Gasteiger charge is 2.19. The van der Waals surface area contributed by atoms with Gasteiger partial charge in [-0.1, -0.05) is 279 Å². The van der Waals surface area contributed by atoms with E-state index in [0.29, 0.717) is 19.3 Å². The first-order chi connectivity index (χ1) is 30.8. The van der Waals surface area contributed by atoms with Gasteiger partial charge >= 0.3 is 17.9 Å². The van der Waals surface area contributed by atoms with Crippen LogP contribution < -0.4 is 0 Å². The van der Waals surface area contributed by atoms with Crippen molar-refractivity contribution in [2.75, 3.05) is 13.2 Å². The molecule has 0 rings (SSSR count). The topological polar surface area (TPSA) is 78.9 Å². The lowest BCUT2D eigenvalue weighted by Gasteiger charge is -2.18. The van der Waals surface area contributed by atoms with Crippen molar-refractivity contribution in [3.63, 3.8) is 0 Å². The molecular formula is C57H110O6. The number of hydrogen-bond acceptors (Lipinski definition) is 6. The Hall–Kier alpha value is -1.59. The van der Waals surface area contributed by atoms with Gasteiger partial charge in [-0.25, -0.2) is 0 Å². The maximum Gasteiger partial charge on any atom is 0.306 e. The number of carbonyl (C=O) groups is 3. The fraction of sp³-hybridized carbons (Fsp3) is 0.947. The lowest BCUT2D eigenvalue weighted by Crippen LogP contribution is -2.30. The standard InChI is InChI=1S/C57H110O6/c1-6-8-9-10-11-12-13-14-15-16-17-21-24-27-32-37-42-47-55(58)61-50-54(51-62-56(59)48-43-38-34-29-30-35-40-45-52(3)4)63-57(60)49-44-39-33-28-25-22-19-18-20-23-26-31-36-41-46-53(5)7-2/h52-54H,6-51H2,1-5H3/t53?,54-/m0/s1. The average Bonchev–Trinajstić information content (AvgIpc) is 3.27. The van der Waals surface area contributed by atoms with Crippen LogP contribution in [0.4, 0.5) is 0 Å². The Kier molecular flexibility index (Phi) is 48.6.